The zero-order chi connectivity index (χ0) is 14.5. The molecule has 0 saturated carbocycles. The van der Waals surface area contributed by atoms with Crippen LogP contribution in [0, 0.1) is 10.5 Å². The summed E-state index contributed by atoms with van der Waals surface area (Å²) in [4.78, 5) is 11.9. The van der Waals surface area contributed by atoms with Gasteiger partial charge in [0.2, 0.25) is 5.91 Å². The Morgan fingerprint density at radius 3 is 2.60 bits per heavy atom. The first-order valence-corrected chi connectivity index (χ1v) is 7.56. The van der Waals surface area contributed by atoms with Gasteiger partial charge in [-0.1, -0.05) is 17.7 Å². The van der Waals surface area contributed by atoms with E-state index in [2.05, 4.69) is 33.2 Å². The quantitative estimate of drug-likeness (QED) is 0.751. The number of halogens is 2. The van der Waals surface area contributed by atoms with Crippen LogP contribution in [0.5, 0.6) is 0 Å². The minimum atomic E-state index is -0.103. The van der Waals surface area contributed by atoms with Crippen molar-refractivity contribution >= 4 is 51.5 Å². The molecule has 104 valence electrons. The molecule has 0 unspecified atom stereocenters. The molecule has 20 heavy (non-hydrogen) atoms. The lowest BCUT2D eigenvalue weighted by atomic mass is 10.2. The Labute approximate surface area is 136 Å². The van der Waals surface area contributed by atoms with E-state index >= 15 is 0 Å². The molecule has 2 N–H and O–H groups in total. The first kappa shape index (κ1) is 15.1. The summed E-state index contributed by atoms with van der Waals surface area (Å²) >= 11 is 8.26. The highest BCUT2D eigenvalue weighted by atomic mass is 127. The standard InChI is InChI=1S/C15H14ClIN2O/c1-10-13(16)3-2-4-14(10)19-15(20)9-18-12-7-5-11(17)6-8-12/h2-8,18H,9H2,1H3,(H,19,20). The Bertz CT molecular complexity index is 614. The zero-order valence-electron chi connectivity index (χ0n) is 10.9. The molecule has 0 aliphatic rings. The fourth-order valence-electron chi connectivity index (χ4n) is 1.69. The van der Waals surface area contributed by atoms with Crippen LogP contribution in [0.15, 0.2) is 42.5 Å². The molecular weight excluding hydrogens is 387 g/mol. The van der Waals surface area contributed by atoms with E-state index in [0.717, 1.165) is 20.5 Å². The maximum atomic E-state index is 11.9. The maximum Gasteiger partial charge on any atom is 0.243 e. The highest BCUT2D eigenvalue weighted by molar-refractivity contribution is 14.1. The van der Waals surface area contributed by atoms with Crippen molar-refractivity contribution in [3.63, 3.8) is 0 Å². The molecule has 2 aromatic rings. The minimum absolute atomic E-state index is 0.103. The molecule has 0 bridgehead atoms. The molecule has 0 aliphatic heterocycles. The van der Waals surface area contributed by atoms with Crippen LogP contribution < -0.4 is 10.6 Å². The molecule has 0 spiro atoms. The van der Waals surface area contributed by atoms with Gasteiger partial charge >= 0.3 is 0 Å². The molecule has 0 heterocycles. The van der Waals surface area contributed by atoms with Crippen molar-refractivity contribution in [3.8, 4) is 0 Å². The average molecular weight is 401 g/mol. The molecule has 2 rings (SSSR count). The predicted molar refractivity (Wildman–Crippen MR) is 92.5 cm³/mol. The fraction of sp³-hybridized carbons (Fsp3) is 0.133. The number of amides is 1. The lowest BCUT2D eigenvalue weighted by Gasteiger charge is -2.10. The van der Waals surface area contributed by atoms with Crippen LogP contribution in [0.2, 0.25) is 5.02 Å². The van der Waals surface area contributed by atoms with Gasteiger partial charge in [-0.05, 0) is 71.5 Å². The van der Waals surface area contributed by atoms with Gasteiger partial charge in [-0.25, -0.2) is 0 Å². The smallest absolute Gasteiger partial charge is 0.243 e. The normalized spacial score (nSPS) is 10.2. The Morgan fingerprint density at radius 1 is 1.20 bits per heavy atom. The topological polar surface area (TPSA) is 41.1 Å². The molecule has 0 fully saturated rings. The summed E-state index contributed by atoms with van der Waals surface area (Å²) in [5, 5.41) is 6.57. The minimum Gasteiger partial charge on any atom is -0.376 e. The van der Waals surface area contributed by atoms with Crippen molar-refractivity contribution in [2.45, 2.75) is 6.92 Å². The SMILES string of the molecule is Cc1c(Cl)cccc1NC(=O)CNc1ccc(I)cc1. The van der Waals surface area contributed by atoms with Crippen LogP contribution in [0.25, 0.3) is 0 Å². The number of nitrogens with one attached hydrogen (secondary N) is 2. The summed E-state index contributed by atoms with van der Waals surface area (Å²) in [5.41, 5.74) is 2.53. The van der Waals surface area contributed by atoms with Crippen molar-refractivity contribution in [3.05, 3.63) is 56.6 Å². The number of rotatable bonds is 4. The van der Waals surface area contributed by atoms with E-state index in [1.54, 1.807) is 6.07 Å². The number of carbonyl (C=O) groups excluding carboxylic acids is 1. The summed E-state index contributed by atoms with van der Waals surface area (Å²) in [6.07, 6.45) is 0. The van der Waals surface area contributed by atoms with Crippen molar-refractivity contribution in [2.75, 3.05) is 17.2 Å². The van der Waals surface area contributed by atoms with Gasteiger partial charge in [0.25, 0.3) is 0 Å². The molecule has 0 aliphatic carbocycles. The predicted octanol–water partition coefficient (Wildman–Crippen LogP) is 4.30. The van der Waals surface area contributed by atoms with Gasteiger partial charge in [-0.15, -0.1) is 0 Å². The number of hydrogen-bond acceptors (Lipinski definition) is 2. The van der Waals surface area contributed by atoms with Crippen LogP contribution in [-0.4, -0.2) is 12.5 Å². The first-order chi connectivity index (χ1) is 9.56. The highest BCUT2D eigenvalue weighted by Crippen LogP contribution is 2.22. The van der Waals surface area contributed by atoms with Crippen LogP contribution >= 0.6 is 34.2 Å². The summed E-state index contributed by atoms with van der Waals surface area (Å²) < 4.78 is 1.16. The van der Waals surface area contributed by atoms with Gasteiger partial charge < -0.3 is 10.6 Å². The molecule has 5 heteroatoms. The number of benzene rings is 2. The lowest BCUT2D eigenvalue weighted by molar-refractivity contribution is -0.114. The van der Waals surface area contributed by atoms with Gasteiger partial charge in [0.1, 0.15) is 0 Å². The van der Waals surface area contributed by atoms with E-state index in [4.69, 9.17) is 11.6 Å². The molecule has 0 radical (unpaired) electrons. The largest absolute Gasteiger partial charge is 0.376 e. The second kappa shape index (κ2) is 6.95. The van der Waals surface area contributed by atoms with Crippen molar-refractivity contribution < 1.29 is 4.79 Å². The summed E-state index contributed by atoms with van der Waals surface area (Å²) in [6, 6.07) is 13.3. The Hall–Kier alpha value is -1.27. The van der Waals surface area contributed by atoms with Gasteiger partial charge in [-0.3, -0.25) is 4.79 Å². The van der Waals surface area contributed by atoms with E-state index < -0.39 is 0 Å². The van der Waals surface area contributed by atoms with Crippen LogP contribution in [0.3, 0.4) is 0 Å². The summed E-state index contributed by atoms with van der Waals surface area (Å²) in [5.74, 6) is -0.103. The average Bonchev–Trinajstić information content (AvgIpc) is 2.43. The van der Waals surface area contributed by atoms with E-state index in [1.807, 2.05) is 43.3 Å². The van der Waals surface area contributed by atoms with Crippen molar-refractivity contribution in [2.24, 2.45) is 0 Å². The van der Waals surface area contributed by atoms with Crippen molar-refractivity contribution in [1.82, 2.24) is 0 Å². The Balaban J connectivity index is 1.92. The Kier molecular flexibility index (Phi) is 5.25. The highest BCUT2D eigenvalue weighted by Gasteiger charge is 2.06. The summed E-state index contributed by atoms with van der Waals surface area (Å²) in [7, 11) is 0. The lowest BCUT2D eigenvalue weighted by Crippen LogP contribution is -2.22. The molecule has 0 aromatic heterocycles. The molecular formula is C15H14ClIN2O. The number of hydrogen-bond donors (Lipinski definition) is 2. The summed E-state index contributed by atoms with van der Waals surface area (Å²) in [6.45, 7) is 2.09. The van der Waals surface area contributed by atoms with E-state index in [-0.39, 0.29) is 12.5 Å². The van der Waals surface area contributed by atoms with E-state index in [0.29, 0.717) is 5.02 Å². The van der Waals surface area contributed by atoms with Crippen LogP contribution in [-0.2, 0) is 4.79 Å². The Morgan fingerprint density at radius 2 is 1.90 bits per heavy atom. The molecule has 3 nitrogen and oxygen atoms in total. The third-order valence-electron chi connectivity index (χ3n) is 2.84. The number of carbonyl (C=O) groups is 1. The monoisotopic (exact) mass is 400 g/mol. The zero-order valence-corrected chi connectivity index (χ0v) is 13.8. The van der Waals surface area contributed by atoms with Crippen LogP contribution in [0.4, 0.5) is 11.4 Å². The second-order valence-electron chi connectivity index (χ2n) is 4.32. The van der Waals surface area contributed by atoms with Crippen molar-refractivity contribution in [1.29, 1.82) is 0 Å². The van der Waals surface area contributed by atoms with Gasteiger partial charge in [0.15, 0.2) is 0 Å². The van der Waals surface area contributed by atoms with Crippen LogP contribution in [0.1, 0.15) is 5.56 Å². The third-order valence-corrected chi connectivity index (χ3v) is 3.97. The fourth-order valence-corrected chi connectivity index (χ4v) is 2.22. The van der Waals surface area contributed by atoms with E-state index in [1.165, 1.54) is 0 Å². The van der Waals surface area contributed by atoms with Gasteiger partial charge in [0.05, 0.1) is 6.54 Å². The maximum absolute atomic E-state index is 11.9. The second-order valence-corrected chi connectivity index (χ2v) is 5.97. The molecule has 2 aromatic carbocycles. The number of anilines is 2. The first-order valence-electron chi connectivity index (χ1n) is 6.10. The van der Waals surface area contributed by atoms with E-state index in [9.17, 15) is 4.79 Å². The third kappa shape index (κ3) is 4.11. The van der Waals surface area contributed by atoms with Gasteiger partial charge in [0, 0.05) is 20.0 Å². The molecule has 0 atom stereocenters. The van der Waals surface area contributed by atoms with Gasteiger partial charge in [-0.2, -0.15) is 0 Å². The molecule has 0 saturated heterocycles. The molecule has 1 amide bonds.